The zero-order valence-electron chi connectivity index (χ0n) is 13.7. The van der Waals surface area contributed by atoms with Crippen LogP contribution in [0.4, 0.5) is 4.39 Å². The predicted molar refractivity (Wildman–Crippen MR) is 89.9 cm³/mol. The number of benzene rings is 1. The highest BCUT2D eigenvalue weighted by Gasteiger charge is 2.26. The van der Waals surface area contributed by atoms with E-state index in [1.807, 2.05) is 16.9 Å². The Morgan fingerprint density at radius 2 is 2.17 bits per heavy atom. The van der Waals surface area contributed by atoms with E-state index < -0.39 is 0 Å². The van der Waals surface area contributed by atoms with E-state index in [0.29, 0.717) is 25.6 Å². The molecule has 0 radical (unpaired) electrons. The second-order valence-electron chi connectivity index (χ2n) is 6.22. The van der Waals surface area contributed by atoms with E-state index in [1.165, 1.54) is 12.1 Å². The molecular formula is C18H23FN4O. The molecule has 24 heavy (non-hydrogen) atoms. The van der Waals surface area contributed by atoms with Crippen LogP contribution in [0.1, 0.15) is 18.4 Å². The molecule has 1 saturated heterocycles. The Balaban J connectivity index is 1.41. The lowest BCUT2D eigenvalue weighted by Crippen LogP contribution is -2.41. The first-order valence-corrected chi connectivity index (χ1v) is 8.43. The van der Waals surface area contributed by atoms with Gasteiger partial charge in [0.2, 0.25) is 5.91 Å². The van der Waals surface area contributed by atoms with E-state index in [0.717, 1.165) is 31.5 Å². The van der Waals surface area contributed by atoms with Crippen LogP contribution < -0.4 is 5.32 Å². The van der Waals surface area contributed by atoms with Crippen molar-refractivity contribution in [3.8, 4) is 0 Å². The number of likely N-dealkylation sites (tertiary alicyclic amines) is 1. The first-order valence-electron chi connectivity index (χ1n) is 8.43. The molecule has 1 amide bonds. The molecule has 2 aromatic rings. The van der Waals surface area contributed by atoms with Gasteiger partial charge >= 0.3 is 0 Å². The van der Waals surface area contributed by atoms with Crippen molar-refractivity contribution in [3.05, 3.63) is 54.1 Å². The number of aromatic nitrogens is 2. The minimum Gasteiger partial charge on any atom is -0.355 e. The third-order valence-electron chi connectivity index (χ3n) is 4.45. The number of rotatable bonds is 7. The lowest BCUT2D eigenvalue weighted by atomic mass is 10.1. The maximum atomic E-state index is 12.9. The van der Waals surface area contributed by atoms with Gasteiger partial charge in [-0.15, -0.1) is 0 Å². The Kier molecular flexibility index (Phi) is 5.59. The Hall–Kier alpha value is -2.21. The standard InChI is InChI=1S/C18H23FN4O/c19-16-6-4-15(5-7-16)8-10-20-18(24)14-22-11-1-3-17(22)13-23-12-2-9-21-23/h2,4-7,9,12,17H,1,3,8,10-11,13-14H2,(H,20,24). The third kappa shape index (κ3) is 4.64. The number of carbonyl (C=O) groups excluding carboxylic acids is 1. The number of nitrogens with zero attached hydrogens (tertiary/aromatic N) is 3. The van der Waals surface area contributed by atoms with Crippen molar-refractivity contribution in [2.75, 3.05) is 19.6 Å². The molecule has 1 aliphatic rings. The lowest BCUT2D eigenvalue weighted by molar-refractivity contribution is -0.122. The van der Waals surface area contributed by atoms with E-state index in [1.54, 1.807) is 18.3 Å². The van der Waals surface area contributed by atoms with E-state index in [-0.39, 0.29) is 11.7 Å². The highest BCUT2D eigenvalue weighted by molar-refractivity contribution is 5.78. The molecule has 128 valence electrons. The Morgan fingerprint density at radius 1 is 1.33 bits per heavy atom. The van der Waals surface area contributed by atoms with Crippen molar-refractivity contribution in [3.63, 3.8) is 0 Å². The number of hydrogen-bond donors (Lipinski definition) is 1. The molecule has 1 atom stereocenters. The summed E-state index contributed by atoms with van der Waals surface area (Å²) in [7, 11) is 0. The molecule has 6 heteroatoms. The lowest BCUT2D eigenvalue weighted by Gasteiger charge is -2.23. The van der Waals surface area contributed by atoms with E-state index in [2.05, 4.69) is 15.3 Å². The smallest absolute Gasteiger partial charge is 0.234 e. The summed E-state index contributed by atoms with van der Waals surface area (Å²) < 4.78 is 14.8. The van der Waals surface area contributed by atoms with Gasteiger partial charge in [0, 0.05) is 25.0 Å². The van der Waals surface area contributed by atoms with Crippen molar-refractivity contribution < 1.29 is 9.18 Å². The molecule has 5 nitrogen and oxygen atoms in total. The molecule has 1 fully saturated rings. The van der Waals surface area contributed by atoms with Gasteiger partial charge in [-0.3, -0.25) is 14.4 Å². The van der Waals surface area contributed by atoms with Crippen LogP contribution in [-0.4, -0.2) is 46.3 Å². The summed E-state index contributed by atoms with van der Waals surface area (Å²) >= 11 is 0. The molecule has 0 aliphatic carbocycles. The van der Waals surface area contributed by atoms with Crippen LogP contribution >= 0.6 is 0 Å². The third-order valence-corrected chi connectivity index (χ3v) is 4.45. The zero-order valence-corrected chi connectivity index (χ0v) is 13.7. The van der Waals surface area contributed by atoms with Crippen LogP contribution in [0.2, 0.25) is 0 Å². The Labute approximate surface area is 141 Å². The van der Waals surface area contributed by atoms with Gasteiger partial charge in [0.05, 0.1) is 13.1 Å². The Bertz CT molecular complexity index is 642. The molecule has 0 spiro atoms. The largest absolute Gasteiger partial charge is 0.355 e. The first kappa shape index (κ1) is 16.6. The maximum absolute atomic E-state index is 12.9. The monoisotopic (exact) mass is 330 g/mol. The van der Waals surface area contributed by atoms with Crippen molar-refractivity contribution in [1.29, 1.82) is 0 Å². The van der Waals surface area contributed by atoms with Gasteiger partial charge in [-0.1, -0.05) is 12.1 Å². The second-order valence-corrected chi connectivity index (χ2v) is 6.22. The van der Waals surface area contributed by atoms with Crippen molar-refractivity contribution in [2.45, 2.75) is 31.8 Å². The van der Waals surface area contributed by atoms with Crippen LogP contribution in [0.5, 0.6) is 0 Å². The van der Waals surface area contributed by atoms with Gasteiger partial charge in [0.25, 0.3) is 0 Å². The summed E-state index contributed by atoms with van der Waals surface area (Å²) in [5.74, 6) is -0.190. The normalized spacial score (nSPS) is 18.0. The molecule has 0 bridgehead atoms. The van der Waals surface area contributed by atoms with Crippen LogP contribution in [0.15, 0.2) is 42.7 Å². The van der Waals surface area contributed by atoms with E-state index >= 15 is 0 Å². The van der Waals surface area contributed by atoms with E-state index in [4.69, 9.17) is 0 Å². The molecule has 1 aromatic carbocycles. The topological polar surface area (TPSA) is 50.2 Å². The van der Waals surface area contributed by atoms with Crippen LogP contribution in [-0.2, 0) is 17.8 Å². The predicted octanol–water partition coefficient (Wildman–Crippen LogP) is 1.85. The average Bonchev–Trinajstić information content (AvgIpc) is 3.22. The van der Waals surface area contributed by atoms with E-state index in [9.17, 15) is 9.18 Å². The fourth-order valence-corrected chi connectivity index (χ4v) is 3.17. The number of nitrogens with one attached hydrogen (secondary N) is 1. The fourth-order valence-electron chi connectivity index (χ4n) is 3.17. The highest BCUT2D eigenvalue weighted by atomic mass is 19.1. The van der Waals surface area contributed by atoms with Gasteiger partial charge < -0.3 is 5.32 Å². The summed E-state index contributed by atoms with van der Waals surface area (Å²) in [4.78, 5) is 14.4. The molecule has 0 saturated carbocycles. The molecule has 3 rings (SSSR count). The number of carbonyl (C=O) groups is 1. The summed E-state index contributed by atoms with van der Waals surface area (Å²) in [5, 5.41) is 7.20. The quantitative estimate of drug-likeness (QED) is 0.843. The first-order chi connectivity index (χ1) is 11.7. The molecule has 1 unspecified atom stereocenters. The van der Waals surface area contributed by atoms with Gasteiger partial charge in [0.1, 0.15) is 5.82 Å². The van der Waals surface area contributed by atoms with Gasteiger partial charge in [0.15, 0.2) is 0 Å². The summed E-state index contributed by atoms with van der Waals surface area (Å²) in [6, 6.07) is 8.68. The van der Waals surface area contributed by atoms with Crippen molar-refractivity contribution in [1.82, 2.24) is 20.0 Å². The summed E-state index contributed by atoms with van der Waals surface area (Å²) in [5.41, 5.74) is 1.02. The molecular weight excluding hydrogens is 307 g/mol. The summed E-state index contributed by atoms with van der Waals surface area (Å²) in [6.07, 6.45) is 6.67. The zero-order chi connectivity index (χ0) is 16.8. The van der Waals surface area contributed by atoms with Crippen LogP contribution in [0, 0.1) is 5.82 Å². The number of halogens is 1. The van der Waals surface area contributed by atoms with Gasteiger partial charge in [-0.2, -0.15) is 5.10 Å². The molecule has 1 aromatic heterocycles. The minimum absolute atomic E-state index is 0.0458. The van der Waals surface area contributed by atoms with Crippen LogP contribution in [0.25, 0.3) is 0 Å². The summed E-state index contributed by atoms with van der Waals surface area (Å²) in [6.45, 7) is 2.78. The van der Waals surface area contributed by atoms with Gasteiger partial charge in [-0.25, -0.2) is 4.39 Å². The van der Waals surface area contributed by atoms with Gasteiger partial charge in [-0.05, 0) is 49.6 Å². The maximum Gasteiger partial charge on any atom is 0.234 e. The molecule has 1 aliphatic heterocycles. The number of amides is 1. The fraction of sp³-hybridized carbons (Fsp3) is 0.444. The SMILES string of the molecule is O=C(CN1CCCC1Cn1cccn1)NCCc1ccc(F)cc1. The Morgan fingerprint density at radius 3 is 2.92 bits per heavy atom. The highest BCUT2D eigenvalue weighted by Crippen LogP contribution is 2.18. The average molecular weight is 330 g/mol. The van der Waals surface area contributed by atoms with Crippen LogP contribution in [0.3, 0.4) is 0 Å². The van der Waals surface area contributed by atoms with Crippen molar-refractivity contribution in [2.24, 2.45) is 0 Å². The minimum atomic E-state index is -0.236. The second kappa shape index (κ2) is 8.06. The van der Waals surface area contributed by atoms with Crippen molar-refractivity contribution >= 4 is 5.91 Å². The molecule has 1 N–H and O–H groups in total. The molecule has 2 heterocycles. The number of hydrogen-bond acceptors (Lipinski definition) is 3.